The smallest absolute Gasteiger partial charge is 0.265 e. The molecule has 0 saturated heterocycles. The maximum absolute atomic E-state index is 12.5. The summed E-state index contributed by atoms with van der Waals surface area (Å²) >= 11 is 1.30. The molecule has 0 bridgehead atoms. The number of aromatic nitrogens is 4. The van der Waals surface area contributed by atoms with Crippen molar-refractivity contribution < 1.29 is 9.59 Å². The second-order valence-corrected chi connectivity index (χ2v) is 8.61. The van der Waals surface area contributed by atoms with Gasteiger partial charge in [0, 0.05) is 34.5 Å². The lowest BCUT2D eigenvalue weighted by atomic mass is 10.1. The Labute approximate surface area is 195 Å². The maximum Gasteiger partial charge on any atom is 0.265 e. The van der Waals surface area contributed by atoms with E-state index in [1.807, 2.05) is 18.5 Å². The molecule has 33 heavy (non-hydrogen) atoms. The van der Waals surface area contributed by atoms with Crippen molar-refractivity contribution in [2.45, 2.75) is 27.3 Å². The van der Waals surface area contributed by atoms with Gasteiger partial charge in [-0.3, -0.25) is 19.6 Å². The van der Waals surface area contributed by atoms with Crippen LogP contribution >= 0.6 is 11.3 Å². The highest BCUT2D eigenvalue weighted by molar-refractivity contribution is 7.14. The molecule has 3 aromatic heterocycles. The Hall–Kier alpha value is -3.98. The topological polar surface area (TPSA) is 119 Å². The number of hydrogen-bond acceptors (Lipinski definition) is 5. The molecule has 0 aliphatic rings. The van der Waals surface area contributed by atoms with Crippen LogP contribution in [0, 0.1) is 20.8 Å². The van der Waals surface area contributed by atoms with E-state index in [2.05, 4.69) is 51.6 Å². The van der Waals surface area contributed by atoms with Crippen LogP contribution in [0.2, 0.25) is 0 Å². The fourth-order valence-corrected chi connectivity index (χ4v) is 4.15. The van der Waals surface area contributed by atoms with Crippen LogP contribution in [0.1, 0.15) is 38.6 Å². The van der Waals surface area contributed by atoms with Crippen molar-refractivity contribution in [1.29, 1.82) is 0 Å². The zero-order valence-electron chi connectivity index (χ0n) is 18.5. The number of nitrogens with two attached hydrogens (primary N) is 1. The monoisotopic (exact) mass is 460 g/mol. The van der Waals surface area contributed by atoms with Crippen LogP contribution in [-0.2, 0) is 11.3 Å². The SMILES string of the molecule is Cc1ccc(Cn2nc(C)c(/C=C/C(=O)Nc3nc(-c4c[nH]c(C(N)=O)c4)cs3)c2C)cc1. The lowest BCUT2D eigenvalue weighted by Gasteiger charge is -2.05. The molecule has 0 radical (unpaired) electrons. The Bertz CT molecular complexity index is 1340. The van der Waals surface area contributed by atoms with Gasteiger partial charge in [0.1, 0.15) is 5.69 Å². The molecule has 4 aromatic rings. The quantitative estimate of drug-likeness (QED) is 0.360. The molecule has 4 N–H and O–H groups in total. The molecule has 0 saturated carbocycles. The van der Waals surface area contributed by atoms with Crippen molar-refractivity contribution in [3.63, 3.8) is 0 Å². The number of carbonyl (C=O) groups is 2. The highest BCUT2D eigenvalue weighted by atomic mass is 32.1. The lowest BCUT2D eigenvalue weighted by molar-refractivity contribution is -0.111. The van der Waals surface area contributed by atoms with Gasteiger partial charge in [0.15, 0.2) is 5.13 Å². The zero-order valence-corrected chi connectivity index (χ0v) is 19.4. The van der Waals surface area contributed by atoms with E-state index in [0.717, 1.165) is 22.5 Å². The van der Waals surface area contributed by atoms with Gasteiger partial charge in [0.2, 0.25) is 5.91 Å². The van der Waals surface area contributed by atoms with Crippen LogP contribution in [0.5, 0.6) is 0 Å². The van der Waals surface area contributed by atoms with Gasteiger partial charge in [-0.15, -0.1) is 11.3 Å². The number of hydrogen-bond donors (Lipinski definition) is 3. The molecule has 0 aliphatic carbocycles. The first-order chi connectivity index (χ1) is 15.8. The van der Waals surface area contributed by atoms with E-state index >= 15 is 0 Å². The standard InChI is InChI=1S/C24H24N6O2S/c1-14-4-6-17(7-5-14)12-30-16(3)19(15(2)29-30)8-9-22(31)28-24-27-21(13-33-24)18-10-20(23(25)32)26-11-18/h4-11,13,26H,12H2,1-3H3,(H2,25,32)(H,27,28,31)/b9-8+. The number of nitrogens with zero attached hydrogens (tertiary/aromatic N) is 3. The van der Waals surface area contributed by atoms with Crippen molar-refractivity contribution in [2.24, 2.45) is 5.73 Å². The van der Waals surface area contributed by atoms with Crippen LogP contribution in [0.3, 0.4) is 0 Å². The molecule has 9 heteroatoms. The molecule has 1 aromatic carbocycles. The van der Waals surface area contributed by atoms with Crippen molar-refractivity contribution in [2.75, 3.05) is 5.32 Å². The average Bonchev–Trinajstić information content (AvgIpc) is 3.49. The van der Waals surface area contributed by atoms with Gasteiger partial charge in [0.05, 0.1) is 17.9 Å². The van der Waals surface area contributed by atoms with E-state index in [0.29, 0.717) is 23.1 Å². The molecule has 4 rings (SSSR count). The highest BCUT2D eigenvalue weighted by Crippen LogP contribution is 2.25. The van der Waals surface area contributed by atoms with Gasteiger partial charge >= 0.3 is 0 Å². The molecular weight excluding hydrogens is 436 g/mol. The Morgan fingerprint density at radius 1 is 1.21 bits per heavy atom. The number of rotatable bonds is 7. The molecule has 0 spiro atoms. The summed E-state index contributed by atoms with van der Waals surface area (Å²) in [5.41, 5.74) is 12.1. The first-order valence-corrected chi connectivity index (χ1v) is 11.2. The first-order valence-electron chi connectivity index (χ1n) is 10.3. The van der Waals surface area contributed by atoms with Crippen LogP contribution in [-0.4, -0.2) is 31.6 Å². The lowest BCUT2D eigenvalue weighted by Crippen LogP contribution is -2.10. The maximum atomic E-state index is 12.5. The van der Waals surface area contributed by atoms with E-state index in [4.69, 9.17) is 5.73 Å². The summed E-state index contributed by atoms with van der Waals surface area (Å²) in [5, 5.41) is 9.67. The van der Waals surface area contributed by atoms with Crippen LogP contribution in [0.15, 0.2) is 48.0 Å². The predicted molar refractivity (Wildman–Crippen MR) is 130 cm³/mol. The van der Waals surface area contributed by atoms with E-state index in [1.165, 1.54) is 28.5 Å². The third-order valence-electron chi connectivity index (χ3n) is 5.27. The summed E-state index contributed by atoms with van der Waals surface area (Å²) in [6.07, 6.45) is 4.91. The molecule has 168 valence electrons. The van der Waals surface area contributed by atoms with Gasteiger partial charge in [-0.25, -0.2) is 4.98 Å². The molecule has 0 aliphatic heterocycles. The summed E-state index contributed by atoms with van der Waals surface area (Å²) in [6.45, 7) is 6.66. The predicted octanol–water partition coefficient (Wildman–Crippen LogP) is 4.06. The van der Waals surface area contributed by atoms with Gasteiger partial charge in [-0.1, -0.05) is 29.8 Å². The highest BCUT2D eigenvalue weighted by Gasteiger charge is 2.12. The molecule has 0 fully saturated rings. The van der Waals surface area contributed by atoms with E-state index in [9.17, 15) is 9.59 Å². The summed E-state index contributed by atoms with van der Waals surface area (Å²) in [5.74, 6) is -0.823. The number of benzene rings is 1. The Kier molecular flexibility index (Phi) is 6.23. The normalized spacial score (nSPS) is 11.2. The summed E-state index contributed by atoms with van der Waals surface area (Å²) in [7, 11) is 0. The van der Waals surface area contributed by atoms with Crippen LogP contribution < -0.4 is 11.1 Å². The minimum absolute atomic E-state index is 0.284. The van der Waals surface area contributed by atoms with Crippen LogP contribution in [0.25, 0.3) is 17.3 Å². The summed E-state index contributed by atoms with van der Waals surface area (Å²) in [6, 6.07) is 9.99. The number of amides is 2. The largest absolute Gasteiger partial charge is 0.364 e. The van der Waals surface area contributed by atoms with Gasteiger partial charge in [-0.2, -0.15) is 5.10 Å². The Morgan fingerprint density at radius 2 is 1.97 bits per heavy atom. The number of aryl methyl sites for hydroxylation is 2. The second kappa shape index (κ2) is 9.25. The van der Waals surface area contributed by atoms with Crippen LogP contribution in [0.4, 0.5) is 5.13 Å². The minimum Gasteiger partial charge on any atom is -0.364 e. The number of primary amides is 1. The average molecular weight is 461 g/mol. The van der Waals surface area contributed by atoms with Gasteiger partial charge in [-0.05, 0) is 38.5 Å². The minimum atomic E-state index is -0.539. The Balaban J connectivity index is 1.42. The third kappa shape index (κ3) is 5.09. The first kappa shape index (κ1) is 22.2. The third-order valence-corrected chi connectivity index (χ3v) is 6.03. The Morgan fingerprint density at radius 3 is 2.67 bits per heavy atom. The van der Waals surface area contributed by atoms with Crippen molar-refractivity contribution in [3.05, 3.63) is 81.8 Å². The van der Waals surface area contributed by atoms with Gasteiger partial charge in [0.25, 0.3) is 5.91 Å². The number of anilines is 1. The molecule has 3 heterocycles. The summed E-state index contributed by atoms with van der Waals surface area (Å²) < 4.78 is 1.95. The number of carbonyl (C=O) groups excluding carboxylic acids is 2. The van der Waals surface area contributed by atoms with Gasteiger partial charge < -0.3 is 10.7 Å². The fraction of sp³-hybridized carbons (Fsp3) is 0.167. The summed E-state index contributed by atoms with van der Waals surface area (Å²) in [4.78, 5) is 30.9. The van der Waals surface area contributed by atoms with Crippen molar-refractivity contribution in [3.8, 4) is 11.3 Å². The fourth-order valence-electron chi connectivity index (χ4n) is 3.43. The molecule has 0 unspecified atom stereocenters. The molecule has 2 amide bonds. The molecule has 8 nitrogen and oxygen atoms in total. The van der Waals surface area contributed by atoms with E-state index in [-0.39, 0.29) is 5.91 Å². The molecular formula is C24H24N6O2S. The number of nitrogens with one attached hydrogen (secondary N) is 2. The number of H-pyrrole nitrogens is 1. The van der Waals surface area contributed by atoms with E-state index in [1.54, 1.807) is 23.7 Å². The van der Waals surface area contributed by atoms with E-state index < -0.39 is 5.91 Å². The second-order valence-electron chi connectivity index (χ2n) is 7.75. The number of aromatic amines is 1. The zero-order chi connectivity index (χ0) is 23.5. The number of thiazole rings is 1. The molecule has 0 atom stereocenters. The van der Waals surface area contributed by atoms with Crippen molar-refractivity contribution >= 4 is 34.4 Å². The van der Waals surface area contributed by atoms with Crippen molar-refractivity contribution in [1.82, 2.24) is 19.7 Å².